The van der Waals surface area contributed by atoms with E-state index in [4.69, 9.17) is 9.52 Å². The Morgan fingerprint density at radius 2 is 2.28 bits per heavy atom. The van der Waals surface area contributed by atoms with Gasteiger partial charge < -0.3 is 9.52 Å². The predicted molar refractivity (Wildman–Crippen MR) is 65.5 cm³/mol. The Hall–Kier alpha value is -2.56. The van der Waals surface area contributed by atoms with E-state index in [1.54, 1.807) is 6.26 Å². The minimum atomic E-state index is -1.02. The summed E-state index contributed by atoms with van der Waals surface area (Å²) in [6.45, 7) is 1.94. The zero-order valence-corrected chi connectivity index (χ0v) is 9.60. The molecule has 2 N–H and O–H groups in total. The fourth-order valence-electron chi connectivity index (χ4n) is 2.03. The number of fused-ring (bicyclic) bond motifs is 1. The molecule has 1 aromatic carbocycles. The van der Waals surface area contributed by atoms with Crippen LogP contribution in [0.4, 0.5) is 0 Å². The van der Waals surface area contributed by atoms with E-state index in [0.29, 0.717) is 5.69 Å². The number of H-pyrrole nitrogens is 1. The molecule has 0 aliphatic heterocycles. The minimum Gasteiger partial charge on any atom is -0.477 e. The number of benzene rings is 1. The second-order valence-electron chi connectivity index (χ2n) is 4.07. The Balaban J connectivity index is 2.24. The van der Waals surface area contributed by atoms with Crippen LogP contribution in [0.15, 0.2) is 34.9 Å². The molecule has 0 saturated heterocycles. The van der Waals surface area contributed by atoms with E-state index < -0.39 is 5.97 Å². The first-order valence-electron chi connectivity index (χ1n) is 5.42. The molecule has 0 amide bonds. The number of carbonyl (C=O) groups is 1. The second-order valence-corrected chi connectivity index (χ2v) is 4.07. The molecule has 0 radical (unpaired) electrons. The van der Waals surface area contributed by atoms with Gasteiger partial charge in [-0.25, -0.2) is 4.79 Å². The van der Waals surface area contributed by atoms with Crippen molar-refractivity contribution < 1.29 is 14.3 Å². The van der Waals surface area contributed by atoms with Crippen LogP contribution in [-0.2, 0) is 0 Å². The third kappa shape index (κ3) is 1.48. The summed E-state index contributed by atoms with van der Waals surface area (Å²) in [6.07, 6.45) is 1.68. The van der Waals surface area contributed by atoms with Crippen molar-refractivity contribution in [2.24, 2.45) is 0 Å². The van der Waals surface area contributed by atoms with Gasteiger partial charge in [0.25, 0.3) is 0 Å². The summed E-state index contributed by atoms with van der Waals surface area (Å²) < 4.78 is 5.41. The predicted octanol–water partition coefficient (Wildman–Crippen LogP) is 2.83. The molecule has 90 valence electrons. The highest BCUT2D eigenvalue weighted by molar-refractivity contribution is 5.96. The van der Waals surface area contributed by atoms with E-state index in [9.17, 15) is 4.79 Å². The fraction of sp³-hybridized carbons (Fsp3) is 0.0769. The zero-order chi connectivity index (χ0) is 12.7. The highest BCUT2D eigenvalue weighted by Gasteiger charge is 2.14. The maximum absolute atomic E-state index is 10.8. The van der Waals surface area contributed by atoms with E-state index in [2.05, 4.69) is 10.2 Å². The first-order chi connectivity index (χ1) is 8.66. The molecule has 0 spiro atoms. The van der Waals surface area contributed by atoms with E-state index in [-0.39, 0.29) is 5.69 Å². The lowest BCUT2D eigenvalue weighted by Gasteiger charge is -1.99. The van der Waals surface area contributed by atoms with Gasteiger partial charge in [0.1, 0.15) is 11.3 Å². The number of carboxylic acids is 1. The molecule has 0 bridgehead atoms. The number of carboxylic acid groups (broad SMARTS) is 1. The maximum Gasteiger partial charge on any atom is 0.353 e. The van der Waals surface area contributed by atoms with Crippen molar-refractivity contribution in [1.82, 2.24) is 10.2 Å². The first kappa shape index (κ1) is 10.6. The van der Waals surface area contributed by atoms with Crippen LogP contribution in [-0.4, -0.2) is 21.3 Å². The van der Waals surface area contributed by atoms with Crippen molar-refractivity contribution in [2.45, 2.75) is 6.92 Å². The molecule has 0 fully saturated rings. The summed E-state index contributed by atoms with van der Waals surface area (Å²) >= 11 is 0. The number of nitrogens with zero attached hydrogens (tertiary/aromatic N) is 1. The number of furan rings is 1. The van der Waals surface area contributed by atoms with Gasteiger partial charge in [0, 0.05) is 10.9 Å². The average Bonchev–Trinajstić information content (AvgIpc) is 2.96. The summed E-state index contributed by atoms with van der Waals surface area (Å²) in [6, 6.07) is 7.14. The number of rotatable bonds is 2. The van der Waals surface area contributed by atoms with Gasteiger partial charge in [-0.1, -0.05) is 12.1 Å². The molecule has 3 rings (SSSR count). The van der Waals surface area contributed by atoms with E-state index in [1.165, 1.54) is 6.07 Å². The van der Waals surface area contributed by atoms with E-state index in [1.807, 2.05) is 25.1 Å². The molecule has 0 aliphatic rings. The quantitative estimate of drug-likeness (QED) is 0.724. The lowest BCUT2D eigenvalue weighted by Crippen LogP contribution is -1.95. The van der Waals surface area contributed by atoms with Gasteiger partial charge in [-0.15, -0.1) is 0 Å². The van der Waals surface area contributed by atoms with Gasteiger partial charge in [0.05, 0.1) is 12.0 Å². The van der Waals surface area contributed by atoms with E-state index in [0.717, 1.165) is 22.1 Å². The van der Waals surface area contributed by atoms with Crippen molar-refractivity contribution in [3.8, 4) is 11.3 Å². The van der Waals surface area contributed by atoms with Crippen LogP contribution in [0.2, 0.25) is 0 Å². The van der Waals surface area contributed by atoms with Crippen LogP contribution in [0.3, 0.4) is 0 Å². The monoisotopic (exact) mass is 242 g/mol. The standard InChI is InChI=1S/C13H10N2O3/c1-7-6-18-11-4-2-3-8(12(7)11)9-5-10(13(16)17)15-14-9/h2-6H,1H3,(H,14,15)(H,16,17). The summed E-state index contributed by atoms with van der Waals surface area (Å²) in [7, 11) is 0. The molecule has 2 aromatic heterocycles. The lowest BCUT2D eigenvalue weighted by atomic mass is 10.0. The number of hydrogen-bond donors (Lipinski definition) is 2. The molecule has 0 aliphatic carbocycles. The summed E-state index contributed by atoms with van der Waals surface area (Å²) in [5.41, 5.74) is 3.30. The molecule has 0 atom stereocenters. The summed E-state index contributed by atoms with van der Waals surface area (Å²) in [4.78, 5) is 10.8. The Bertz CT molecular complexity index is 740. The molecular formula is C13H10N2O3. The Morgan fingerprint density at radius 1 is 1.44 bits per heavy atom. The third-order valence-electron chi connectivity index (χ3n) is 2.87. The number of aromatic nitrogens is 2. The average molecular weight is 242 g/mol. The summed E-state index contributed by atoms with van der Waals surface area (Å²) in [5, 5.41) is 16.4. The van der Waals surface area contributed by atoms with Crippen LogP contribution in [0.1, 0.15) is 16.1 Å². The Kier molecular flexibility index (Phi) is 2.19. The summed E-state index contributed by atoms with van der Waals surface area (Å²) in [5.74, 6) is -1.02. The number of aromatic amines is 1. The normalized spacial score (nSPS) is 10.9. The van der Waals surface area contributed by atoms with E-state index >= 15 is 0 Å². The van der Waals surface area contributed by atoms with Gasteiger partial charge in [-0.05, 0) is 24.6 Å². The molecular weight excluding hydrogens is 232 g/mol. The smallest absolute Gasteiger partial charge is 0.353 e. The van der Waals surface area contributed by atoms with Crippen molar-refractivity contribution in [1.29, 1.82) is 0 Å². The molecule has 0 unspecified atom stereocenters. The van der Waals surface area contributed by atoms with Crippen molar-refractivity contribution >= 4 is 16.9 Å². The van der Waals surface area contributed by atoms with Gasteiger partial charge in [0.15, 0.2) is 0 Å². The Labute approximate surface area is 102 Å². The zero-order valence-electron chi connectivity index (χ0n) is 9.60. The van der Waals surface area contributed by atoms with Crippen LogP contribution in [0.5, 0.6) is 0 Å². The second kappa shape index (κ2) is 3.73. The van der Waals surface area contributed by atoms with Crippen LogP contribution < -0.4 is 0 Å². The lowest BCUT2D eigenvalue weighted by molar-refractivity contribution is 0.0690. The van der Waals surface area contributed by atoms with Crippen LogP contribution in [0, 0.1) is 6.92 Å². The van der Waals surface area contributed by atoms with Crippen LogP contribution in [0.25, 0.3) is 22.2 Å². The third-order valence-corrected chi connectivity index (χ3v) is 2.87. The number of aromatic carboxylic acids is 1. The van der Waals surface area contributed by atoms with Crippen molar-refractivity contribution in [2.75, 3.05) is 0 Å². The topological polar surface area (TPSA) is 79.1 Å². The highest BCUT2D eigenvalue weighted by atomic mass is 16.4. The van der Waals surface area contributed by atoms with Crippen LogP contribution >= 0.6 is 0 Å². The molecule has 3 aromatic rings. The first-order valence-corrected chi connectivity index (χ1v) is 5.42. The molecule has 0 saturated carbocycles. The minimum absolute atomic E-state index is 0.0724. The molecule has 5 heteroatoms. The van der Waals surface area contributed by atoms with Gasteiger partial charge in [-0.3, -0.25) is 5.10 Å². The fourth-order valence-corrected chi connectivity index (χ4v) is 2.03. The molecule has 18 heavy (non-hydrogen) atoms. The molecule has 2 heterocycles. The van der Waals surface area contributed by atoms with Crippen molar-refractivity contribution in [3.05, 3.63) is 41.8 Å². The SMILES string of the molecule is Cc1coc2cccc(-c3cc(C(=O)O)[nH]n3)c12. The van der Waals surface area contributed by atoms with Gasteiger partial charge in [-0.2, -0.15) is 5.10 Å². The largest absolute Gasteiger partial charge is 0.477 e. The molecule has 5 nitrogen and oxygen atoms in total. The maximum atomic E-state index is 10.8. The van der Waals surface area contributed by atoms with Crippen molar-refractivity contribution in [3.63, 3.8) is 0 Å². The van der Waals surface area contributed by atoms with Gasteiger partial charge in [0.2, 0.25) is 0 Å². The Morgan fingerprint density at radius 3 is 3.00 bits per heavy atom. The number of aryl methyl sites for hydroxylation is 1. The number of hydrogen-bond acceptors (Lipinski definition) is 3. The highest BCUT2D eigenvalue weighted by Crippen LogP contribution is 2.31. The number of nitrogens with one attached hydrogen (secondary N) is 1. The van der Waals surface area contributed by atoms with Gasteiger partial charge >= 0.3 is 5.97 Å².